The van der Waals surface area contributed by atoms with Gasteiger partial charge in [-0.1, -0.05) is 51.1 Å². The number of fused-ring (bicyclic) bond motifs is 1. The molecule has 32 heavy (non-hydrogen) atoms. The van der Waals surface area contributed by atoms with Crippen LogP contribution in [0.3, 0.4) is 0 Å². The van der Waals surface area contributed by atoms with Crippen LogP contribution in [-0.2, 0) is 16.6 Å². The summed E-state index contributed by atoms with van der Waals surface area (Å²) in [5.74, 6) is -2.55. The number of H-pyrrole nitrogens is 1. The molecule has 0 aliphatic heterocycles. The summed E-state index contributed by atoms with van der Waals surface area (Å²) in [5, 5.41) is 21.8. The average Bonchev–Trinajstić information content (AvgIpc) is 2.72. The summed E-state index contributed by atoms with van der Waals surface area (Å²) < 4.78 is 5.33. The van der Waals surface area contributed by atoms with Crippen molar-refractivity contribution in [3.05, 3.63) is 69.0 Å². The normalized spacial score (nSPS) is 11.4. The molecule has 0 saturated heterocycles. The molecular weight excluding hydrogens is 412 g/mol. The van der Waals surface area contributed by atoms with E-state index in [0.717, 1.165) is 11.1 Å². The van der Waals surface area contributed by atoms with E-state index in [4.69, 9.17) is 9.84 Å². The Kier molecular flexibility index (Phi) is 6.25. The number of rotatable bonds is 6. The number of nitrogens with one attached hydrogen (secondary N) is 2. The summed E-state index contributed by atoms with van der Waals surface area (Å²) in [4.78, 5) is 38.4. The maximum absolute atomic E-state index is 12.6. The fourth-order valence-corrected chi connectivity index (χ4v) is 3.53. The minimum absolute atomic E-state index is 0.0278. The predicted molar refractivity (Wildman–Crippen MR) is 121 cm³/mol. The Bertz CT molecular complexity index is 1240. The van der Waals surface area contributed by atoms with Gasteiger partial charge >= 0.3 is 5.97 Å². The van der Waals surface area contributed by atoms with Crippen LogP contribution in [0.25, 0.3) is 10.9 Å². The van der Waals surface area contributed by atoms with Crippen LogP contribution in [0.2, 0.25) is 0 Å². The molecule has 0 atom stereocenters. The molecule has 0 aliphatic rings. The van der Waals surface area contributed by atoms with E-state index in [2.05, 4.69) is 43.2 Å². The third-order valence-corrected chi connectivity index (χ3v) is 5.25. The molecule has 8 nitrogen and oxygen atoms in total. The van der Waals surface area contributed by atoms with Crippen LogP contribution in [0.4, 0.5) is 0 Å². The Morgan fingerprint density at radius 3 is 2.31 bits per heavy atom. The number of hydrogen-bond donors (Lipinski definition) is 4. The highest BCUT2D eigenvalue weighted by Gasteiger charge is 2.23. The number of methoxy groups -OCH3 is 1. The number of pyridine rings is 1. The first-order chi connectivity index (χ1) is 15.0. The predicted octanol–water partition coefficient (Wildman–Crippen LogP) is 2.94. The number of carbonyl (C=O) groups is 2. The average molecular weight is 438 g/mol. The molecule has 0 radical (unpaired) electrons. The third-order valence-electron chi connectivity index (χ3n) is 5.25. The summed E-state index contributed by atoms with van der Waals surface area (Å²) >= 11 is 0. The first kappa shape index (κ1) is 22.9. The lowest BCUT2D eigenvalue weighted by atomic mass is 9.86. The highest BCUT2D eigenvalue weighted by Crippen LogP contribution is 2.36. The topological polar surface area (TPSA) is 129 Å². The van der Waals surface area contributed by atoms with Gasteiger partial charge in [-0.25, -0.2) is 0 Å². The van der Waals surface area contributed by atoms with Crippen molar-refractivity contribution in [1.82, 2.24) is 10.3 Å². The van der Waals surface area contributed by atoms with Crippen LogP contribution < -0.4 is 15.6 Å². The number of carboxylic acids is 1. The number of aromatic amines is 1. The van der Waals surface area contributed by atoms with Crippen LogP contribution in [0.1, 0.15) is 47.8 Å². The minimum atomic E-state index is -1.27. The molecule has 0 unspecified atom stereocenters. The maximum Gasteiger partial charge on any atom is 0.322 e. The van der Waals surface area contributed by atoms with Gasteiger partial charge in [0.25, 0.3) is 11.5 Å². The number of ether oxygens (including phenoxy) is 1. The van der Waals surface area contributed by atoms with E-state index >= 15 is 0 Å². The standard InChI is InChI=1S/C24H26N2O6/c1-24(2,3)15-8-5-13(6-9-15)11-14-7-10-16(32-4)18-20(14)26-23(31)19(21(18)29)22(30)25-12-17(27)28/h5-10H,11-12H2,1-4H3,(H,25,30)(H,27,28)(H2,26,29,31). The number of carboxylic acid groups (broad SMARTS) is 1. The van der Waals surface area contributed by atoms with Gasteiger partial charge in [0, 0.05) is 0 Å². The molecule has 4 N–H and O–H groups in total. The van der Waals surface area contributed by atoms with Gasteiger partial charge < -0.3 is 25.3 Å². The second-order valence-electron chi connectivity index (χ2n) is 8.55. The first-order valence-corrected chi connectivity index (χ1v) is 10.1. The van der Waals surface area contributed by atoms with Crippen LogP contribution in [0.5, 0.6) is 11.5 Å². The van der Waals surface area contributed by atoms with Crippen LogP contribution in [0, 0.1) is 0 Å². The summed E-state index contributed by atoms with van der Waals surface area (Å²) in [6, 6.07) is 11.6. The molecule has 1 heterocycles. The number of amides is 1. The summed E-state index contributed by atoms with van der Waals surface area (Å²) in [7, 11) is 1.41. The van der Waals surface area contributed by atoms with Gasteiger partial charge in [-0.05, 0) is 34.6 Å². The number of aromatic nitrogens is 1. The Hall–Kier alpha value is -3.81. The fourth-order valence-electron chi connectivity index (χ4n) is 3.53. The quantitative estimate of drug-likeness (QED) is 0.468. The van der Waals surface area contributed by atoms with Gasteiger partial charge in [0.05, 0.1) is 18.0 Å². The van der Waals surface area contributed by atoms with Gasteiger partial charge in [-0.3, -0.25) is 14.4 Å². The molecule has 0 fully saturated rings. The highest BCUT2D eigenvalue weighted by molar-refractivity contribution is 6.05. The van der Waals surface area contributed by atoms with E-state index in [-0.39, 0.29) is 16.6 Å². The number of carbonyl (C=O) groups excluding carboxylic acids is 1. The number of aromatic hydroxyl groups is 1. The van der Waals surface area contributed by atoms with Gasteiger partial charge in [-0.2, -0.15) is 0 Å². The van der Waals surface area contributed by atoms with Gasteiger partial charge in [0.15, 0.2) is 0 Å². The van der Waals surface area contributed by atoms with Crippen molar-refractivity contribution < 1.29 is 24.5 Å². The molecule has 1 amide bonds. The second-order valence-corrected chi connectivity index (χ2v) is 8.55. The lowest BCUT2D eigenvalue weighted by molar-refractivity contribution is -0.135. The molecule has 0 saturated carbocycles. The van der Waals surface area contributed by atoms with E-state index in [0.29, 0.717) is 11.9 Å². The Morgan fingerprint density at radius 1 is 1.09 bits per heavy atom. The molecule has 1 aromatic heterocycles. The molecule has 8 heteroatoms. The molecule has 2 aromatic carbocycles. The van der Waals surface area contributed by atoms with Crippen LogP contribution in [-0.4, -0.2) is 40.7 Å². The zero-order valence-corrected chi connectivity index (χ0v) is 18.4. The van der Waals surface area contributed by atoms with Crippen molar-refractivity contribution in [2.45, 2.75) is 32.6 Å². The Balaban J connectivity index is 2.09. The molecule has 0 spiro atoms. The summed E-state index contributed by atoms with van der Waals surface area (Å²) in [6.45, 7) is 5.72. The Labute approximate surface area is 184 Å². The smallest absolute Gasteiger partial charge is 0.322 e. The molecule has 0 bridgehead atoms. The van der Waals surface area contributed by atoms with Crippen molar-refractivity contribution in [2.75, 3.05) is 13.7 Å². The summed E-state index contributed by atoms with van der Waals surface area (Å²) in [6.07, 6.45) is 0.477. The van der Waals surface area contributed by atoms with Crippen LogP contribution in [0.15, 0.2) is 41.2 Å². The van der Waals surface area contributed by atoms with Crippen molar-refractivity contribution in [3.8, 4) is 11.5 Å². The van der Waals surface area contributed by atoms with E-state index in [1.165, 1.54) is 12.7 Å². The van der Waals surface area contributed by atoms with E-state index < -0.39 is 35.3 Å². The van der Waals surface area contributed by atoms with Crippen molar-refractivity contribution in [3.63, 3.8) is 0 Å². The van der Waals surface area contributed by atoms with Gasteiger partial charge in [-0.15, -0.1) is 0 Å². The SMILES string of the molecule is COc1ccc(Cc2ccc(C(C)(C)C)cc2)c2[nH]c(=O)c(C(=O)NCC(=O)O)c(O)c12. The molecular formula is C24H26N2O6. The fraction of sp³-hybridized carbons (Fsp3) is 0.292. The molecule has 0 aliphatic carbocycles. The highest BCUT2D eigenvalue weighted by atomic mass is 16.5. The molecule has 168 valence electrons. The zero-order valence-electron chi connectivity index (χ0n) is 18.4. The molecule has 3 aromatic rings. The van der Waals surface area contributed by atoms with Crippen molar-refractivity contribution in [2.24, 2.45) is 0 Å². The van der Waals surface area contributed by atoms with E-state index in [9.17, 15) is 19.5 Å². The van der Waals surface area contributed by atoms with E-state index in [1.807, 2.05) is 12.1 Å². The third kappa shape index (κ3) is 4.59. The van der Waals surface area contributed by atoms with E-state index in [1.54, 1.807) is 12.1 Å². The van der Waals surface area contributed by atoms with Crippen molar-refractivity contribution in [1.29, 1.82) is 0 Å². The lowest BCUT2D eigenvalue weighted by Gasteiger charge is -2.19. The van der Waals surface area contributed by atoms with Crippen molar-refractivity contribution >= 4 is 22.8 Å². The van der Waals surface area contributed by atoms with Gasteiger partial charge in [0.2, 0.25) is 0 Å². The molecule has 3 rings (SSSR count). The van der Waals surface area contributed by atoms with Crippen LogP contribution >= 0.6 is 0 Å². The second kappa shape index (κ2) is 8.74. The monoisotopic (exact) mass is 438 g/mol. The number of aliphatic carboxylic acids is 1. The number of hydrogen-bond acceptors (Lipinski definition) is 5. The minimum Gasteiger partial charge on any atom is -0.506 e. The number of benzene rings is 2. The lowest BCUT2D eigenvalue weighted by Crippen LogP contribution is -2.33. The zero-order chi connectivity index (χ0) is 23.6. The maximum atomic E-state index is 12.6. The summed E-state index contributed by atoms with van der Waals surface area (Å²) in [5.41, 5.74) is 1.92. The Morgan fingerprint density at radius 2 is 1.75 bits per heavy atom. The first-order valence-electron chi connectivity index (χ1n) is 10.1. The van der Waals surface area contributed by atoms with Gasteiger partial charge in [0.1, 0.15) is 23.6 Å². The largest absolute Gasteiger partial charge is 0.506 e.